The van der Waals surface area contributed by atoms with Gasteiger partial charge in [0.05, 0.1) is 0 Å². The standard InChI is InChI=1S/C12H11P.C4H10.2ClH.Ni/c1-3-7-11(8-4-1)13-12-9-5-2-6-10-12;1-3-4-2;;;/h1-10,13H;3-4H2,1-2H3;2*1H;/q;;;;+2/p-2. The van der Waals surface area contributed by atoms with Crippen LogP contribution >= 0.6 is 29.0 Å². The summed E-state index contributed by atoms with van der Waals surface area (Å²) in [4.78, 5) is 0. The molecule has 0 atom stereocenters. The first-order valence-corrected chi connectivity index (χ1v) is 10.2. The molecule has 2 aromatic rings. The molecule has 0 bridgehead atoms. The second-order valence-corrected chi connectivity index (χ2v) is 6.94. The van der Waals surface area contributed by atoms with E-state index in [9.17, 15) is 0 Å². The van der Waals surface area contributed by atoms with Gasteiger partial charge in [-0.1, -0.05) is 95.9 Å². The molecule has 0 aliphatic rings. The Morgan fingerprint density at radius 1 is 0.750 bits per heavy atom. The monoisotopic (exact) mass is 372 g/mol. The van der Waals surface area contributed by atoms with Gasteiger partial charge in [-0.15, -0.1) is 0 Å². The van der Waals surface area contributed by atoms with Crippen molar-refractivity contribution in [2.75, 3.05) is 0 Å². The third-order valence-electron chi connectivity index (χ3n) is 2.34. The fourth-order valence-corrected chi connectivity index (χ4v) is 2.26. The SMILES string of the molecule is CCCC.[Cl][Ni][Cl].c1ccc(Pc2ccccc2)cc1. The molecule has 2 rings (SSSR count). The van der Waals surface area contributed by atoms with E-state index in [1.807, 2.05) is 0 Å². The van der Waals surface area contributed by atoms with Crippen molar-refractivity contribution < 1.29 is 12.7 Å². The zero-order valence-corrected chi connectivity index (χ0v) is 15.3. The van der Waals surface area contributed by atoms with E-state index in [1.54, 1.807) is 0 Å². The Morgan fingerprint density at radius 3 is 1.30 bits per heavy atom. The number of hydrogen-bond donors (Lipinski definition) is 0. The molecule has 0 spiro atoms. The molecule has 0 aliphatic carbocycles. The molecule has 0 saturated carbocycles. The van der Waals surface area contributed by atoms with Crippen LogP contribution in [-0.2, 0) is 12.7 Å². The quantitative estimate of drug-likeness (QED) is 0.492. The Labute approximate surface area is 139 Å². The van der Waals surface area contributed by atoms with E-state index in [0.717, 1.165) is 8.58 Å². The summed E-state index contributed by atoms with van der Waals surface area (Å²) in [5, 5.41) is 2.79. The summed E-state index contributed by atoms with van der Waals surface area (Å²) in [6, 6.07) is 21.2. The number of rotatable bonds is 3. The van der Waals surface area contributed by atoms with E-state index >= 15 is 0 Å². The molecule has 114 valence electrons. The summed E-state index contributed by atoms with van der Waals surface area (Å²) in [5.41, 5.74) is 0. The van der Waals surface area contributed by atoms with Crippen molar-refractivity contribution in [2.45, 2.75) is 26.7 Å². The molecule has 0 aromatic heterocycles. The molecular weight excluding hydrogens is 353 g/mol. The van der Waals surface area contributed by atoms with Crippen LogP contribution in [0.4, 0.5) is 0 Å². The first kappa shape index (κ1) is 19.9. The fraction of sp³-hybridized carbons (Fsp3) is 0.250. The van der Waals surface area contributed by atoms with Gasteiger partial charge in [-0.25, -0.2) is 0 Å². The largest absolute Gasteiger partial charge is 0.0622 e. The smallest absolute Gasteiger partial charge is 0.0226 e. The number of unbranched alkanes of at least 4 members (excludes halogenated alkanes) is 1. The minimum atomic E-state index is 0.569. The van der Waals surface area contributed by atoms with Gasteiger partial charge in [0.1, 0.15) is 0 Å². The molecule has 0 N–H and O–H groups in total. The molecule has 0 radical (unpaired) electrons. The Balaban J connectivity index is 0.000000438. The van der Waals surface area contributed by atoms with Gasteiger partial charge < -0.3 is 0 Å². The molecule has 0 fully saturated rings. The van der Waals surface area contributed by atoms with Crippen molar-refractivity contribution in [1.29, 1.82) is 0 Å². The minimum absolute atomic E-state index is 0.569. The molecular formula is C16H21Cl2NiP. The molecule has 0 aliphatic heterocycles. The number of hydrogen-bond acceptors (Lipinski definition) is 0. The Kier molecular flexibility index (Phi) is 15.3. The van der Waals surface area contributed by atoms with Crippen LogP contribution in [0.15, 0.2) is 60.7 Å². The summed E-state index contributed by atoms with van der Waals surface area (Å²) in [6.07, 6.45) is 2.64. The van der Waals surface area contributed by atoms with Crippen LogP contribution in [0, 0.1) is 0 Å². The van der Waals surface area contributed by atoms with Crippen LogP contribution in [0.2, 0.25) is 0 Å². The van der Waals surface area contributed by atoms with Crippen LogP contribution in [0.3, 0.4) is 0 Å². The molecule has 0 saturated heterocycles. The summed E-state index contributed by atoms with van der Waals surface area (Å²) in [6.45, 7) is 4.36. The maximum atomic E-state index is 4.70. The molecule has 0 heterocycles. The normalized spacial score (nSPS) is 9.00. The van der Waals surface area contributed by atoms with Crippen LogP contribution < -0.4 is 10.6 Å². The fourth-order valence-electron chi connectivity index (χ4n) is 1.21. The second-order valence-electron chi connectivity index (χ2n) is 3.90. The predicted molar refractivity (Wildman–Crippen MR) is 92.8 cm³/mol. The summed E-state index contributed by atoms with van der Waals surface area (Å²) in [7, 11) is 10.2. The van der Waals surface area contributed by atoms with Crippen LogP contribution in [0.25, 0.3) is 0 Å². The average Bonchev–Trinajstić information content (AvgIpc) is 2.50. The predicted octanol–water partition coefficient (Wildman–Crippen LogP) is 5.50. The minimum Gasteiger partial charge on any atom is -0.0622 e. The maximum absolute atomic E-state index is 4.70. The third-order valence-corrected chi connectivity index (χ3v) is 3.58. The van der Waals surface area contributed by atoms with Crippen molar-refractivity contribution >= 4 is 39.6 Å². The topological polar surface area (TPSA) is 0 Å². The van der Waals surface area contributed by atoms with E-state index < -0.39 is 0 Å². The van der Waals surface area contributed by atoms with Gasteiger partial charge in [-0.05, 0) is 10.6 Å². The maximum Gasteiger partial charge on any atom is -0.0226 e. The molecule has 0 amide bonds. The molecule has 0 unspecified atom stereocenters. The van der Waals surface area contributed by atoms with E-state index in [0.29, 0.717) is 12.7 Å². The number of benzene rings is 2. The van der Waals surface area contributed by atoms with E-state index in [4.69, 9.17) is 20.4 Å². The van der Waals surface area contributed by atoms with Crippen LogP contribution in [0.1, 0.15) is 26.7 Å². The molecule has 2 aromatic carbocycles. The van der Waals surface area contributed by atoms with Crippen molar-refractivity contribution in [3.8, 4) is 0 Å². The van der Waals surface area contributed by atoms with E-state index in [1.165, 1.54) is 23.5 Å². The van der Waals surface area contributed by atoms with Gasteiger partial charge in [-0.2, -0.15) is 0 Å². The van der Waals surface area contributed by atoms with Gasteiger partial charge >= 0.3 is 33.0 Å². The first-order valence-electron chi connectivity index (χ1n) is 6.47. The van der Waals surface area contributed by atoms with E-state index in [2.05, 4.69) is 74.5 Å². The summed E-state index contributed by atoms with van der Waals surface area (Å²) in [5.74, 6) is 0. The Morgan fingerprint density at radius 2 is 1.05 bits per heavy atom. The van der Waals surface area contributed by atoms with E-state index in [-0.39, 0.29) is 0 Å². The Hall–Kier alpha value is -0.0565. The van der Waals surface area contributed by atoms with Gasteiger partial charge in [0.15, 0.2) is 0 Å². The molecule has 0 nitrogen and oxygen atoms in total. The average molecular weight is 374 g/mol. The number of halogens is 2. The summed E-state index contributed by atoms with van der Waals surface area (Å²) >= 11 is 0.569. The van der Waals surface area contributed by atoms with Gasteiger partial charge in [-0.3, -0.25) is 0 Å². The van der Waals surface area contributed by atoms with Crippen molar-refractivity contribution in [1.82, 2.24) is 0 Å². The third kappa shape index (κ3) is 11.7. The van der Waals surface area contributed by atoms with Gasteiger partial charge in [0.2, 0.25) is 0 Å². The van der Waals surface area contributed by atoms with Crippen LogP contribution in [0.5, 0.6) is 0 Å². The second kappa shape index (κ2) is 15.3. The summed E-state index contributed by atoms with van der Waals surface area (Å²) < 4.78 is 0. The van der Waals surface area contributed by atoms with Crippen molar-refractivity contribution in [3.05, 3.63) is 60.7 Å². The zero-order valence-electron chi connectivity index (χ0n) is 11.8. The molecule has 4 heteroatoms. The molecule has 20 heavy (non-hydrogen) atoms. The van der Waals surface area contributed by atoms with Crippen LogP contribution in [-0.4, -0.2) is 0 Å². The van der Waals surface area contributed by atoms with Gasteiger partial charge in [0.25, 0.3) is 0 Å². The van der Waals surface area contributed by atoms with Crippen molar-refractivity contribution in [2.24, 2.45) is 0 Å². The van der Waals surface area contributed by atoms with Crippen molar-refractivity contribution in [3.63, 3.8) is 0 Å². The van der Waals surface area contributed by atoms with Gasteiger partial charge in [0, 0.05) is 0 Å². The first-order chi connectivity index (χ1) is 9.78. The Bertz CT molecular complexity index is 370. The zero-order chi connectivity index (χ0) is 15.1.